The molecule has 0 fully saturated rings. The van der Waals surface area contributed by atoms with Gasteiger partial charge in [-0.2, -0.15) is 0 Å². The van der Waals surface area contributed by atoms with Gasteiger partial charge in [0.2, 0.25) is 0 Å². The Labute approximate surface area is 72.4 Å². The fourth-order valence-corrected chi connectivity index (χ4v) is 0. The SMILES string of the molecule is Cl.[Ag].[AlH3].[Pt]. The molecule has 0 aromatic heterocycles. The van der Waals surface area contributed by atoms with E-state index in [1.54, 1.807) is 0 Å². The van der Waals surface area contributed by atoms with Crippen molar-refractivity contribution in [2.45, 2.75) is 0 Å². The molecule has 0 bridgehead atoms. The molecule has 0 heterocycles. The van der Waals surface area contributed by atoms with Gasteiger partial charge in [-0.05, 0) is 0 Å². The fourth-order valence-electron chi connectivity index (χ4n) is 0. The molecule has 35 valence electrons. The zero-order valence-corrected chi connectivity index (χ0v) is 5.60. The molecule has 0 spiro atoms. The fraction of sp³-hybridized carbons (Fsp3) is 0. The van der Waals surface area contributed by atoms with Crippen molar-refractivity contribution < 1.29 is 43.4 Å². The maximum Gasteiger partial charge on any atom is 0.187 e. The van der Waals surface area contributed by atoms with E-state index in [9.17, 15) is 0 Å². The molecule has 1 radical (unpaired) electrons. The normalized spacial score (nSPS) is 0. The molecule has 0 saturated heterocycles. The smallest absolute Gasteiger partial charge is 0.147 e. The van der Waals surface area contributed by atoms with Crippen molar-refractivity contribution in [3.8, 4) is 0 Å². The van der Waals surface area contributed by atoms with E-state index in [0.29, 0.717) is 0 Å². The molecule has 0 N–H and O–H groups in total. The Morgan fingerprint density at radius 2 is 1.00 bits per heavy atom. The molecule has 0 aliphatic heterocycles. The van der Waals surface area contributed by atoms with Crippen molar-refractivity contribution in [3.05, 3.63) is 0 Å². The van der Waals surface area contributed by atoms with Crippen molar-refractivity contribution in [2.75, 3.05) is 0 Å². The van der Waals surface area contributed by atoms with Gasteiger partial charge in [-0.25, -0.2) is 0 Å². The summed E-state index contributed by atoms with van der Waals surface area (Å²) in [6, 6.07) is 0. The van der Waals surface area contributed by atoms with Crippen LogP contribution in [0, 0.1) is 0 Å². The zero-order valence-electron chi connectivity index (χ0n) is 1.03. The third-order valence-corrected chi connectivity index (χ3v) is 0. The summed E-state index contributed by atoms with van der Waals surface area (Å²) in [5.74, 6) is 0. The molecule has 0 saturated carbocycles. The molecule has 0 amide bonds. The molecule has 0 aliphatic carbocycles. The number of hydrogen-bond acceptors (Lipinski definition) is 0. The Bertz CT molecular complexity index is 8.00. The Morgan fingerprint density at radius 1 is 1.00 bits per heavy atom. The molecule has 0 aromatic rings. The van der Waals surface area contributed by atoms with Gasteiger partial charge in [-0.3, -0.25) is 0 Å². The summed E-state index contributed by atoms with van der Waals surface area (Å²) in [4.78, 5) is 0. The van der Waals surface area contributed by atoms with Crippen molar-refractivity contribution in [1.29, 1.82) is 0 Å². The van der Waals surface area contributed by atoms with Crippen LogP contribution in [0.5, 0.6) is 0 Å². The van der Waals surface area contributed by atoms with Gasteiger partial charge in [0.25, 0.3) is 0 Å². The third-order valence-electron chi connectivity index (χ3n) is 0. The maximum absolute atomic E-state index is 0. The number of rotatable bonds is 0. The molecule has 0 nitrogen and oxygen atoms in total. The van der Waals surface area contributed by atoms with E-state index in [-0.39, 0.29) is 73.2 Å². The molecular formula is H4AgAlClPt. The van der Waals surface area contributed by atoms with Crippen molar-refractivity contribution in [2.24, 2.45) is 0 Å². The standard InChI is InChI=1S/Ag.Al.ClH.Pt.3H/h;;1H;;;;. The van der Waals surface area contributed by atoms with Gasteiger partial charge in [0, 0.05) is 43.4 Å². The van der Waals surface area contributed by atoms with Crippen LogP contribution in [0.15, 0.2) is 0 Å². The van der Waals surface area contributed by atoms with E-state index in [2.05, 4.69) is 0 Å². The van der Waals surface area contributed by atoms with Crippen LogP contribution < -0.4 is 0 Å². The Balaban J connectivity index is 0. The Kier molecular flexibility index (Phi) is 159. The van der Waals surface area contributed by atoms with Crippen LogP contribution in [0.2, 0.25) is 0 Å². The minimum absolute atomic E-state index is 0. The summed E-state index contributed by atoms with van der Waals surface area (Å²) in [5.41, 5.74) is 0. The summed E-state index contributed by atoms with van der Waals surface area (Å²) in [6.45, 7) is 0. The summed E-state index contributed by atoms with van der Waals surface area (Å²) < 4.78 is 0. The van der Waals surface area contributed by atoms with Crippen LogP contribution in [-0.2, 0) is 43.4 Å². The minimum Gasteiger partial charge on any atom is -0.147 e. The third kappa shape index (κ3) is 8.87. The molecule has 0 rings (SSSR count). The predicted octanol–water partition coefficient (Wildman–Crippen LogP) is -0.767. The molecule has 0 atom stereocenters. The second-order valence-corrected chi connectivity index (χ2v) is 0. The zero-order chi connectivity index (χ0) is 0. The van der Waals surface area contributed by atoms with Crippen molar-refractivity contribution in [1.82, 2.24) is 0 Å². The molecule has 4 heavy (non-hydrogen) atoms. The van der Waals surface area contributed by atoms with E-state index in [1.807, 2.05) is 0 Å². The summed E-state index contributed by atoms with van der Waals surface area (Å²) in [7, 11) is 0. The molecule has 0 unspecified atom stereocenters. The molecule has 4 heteroatoms. The van der Waals surface area contributed by atoms with Crippen LogP contribution >= 0.6 is 12.4 Å². The van der Waals surface area contributed by atoms with Gasteiger partial charge in [0.15, 0.2) is 17.4 Å². The number of hydrogen-bond donors (Lipinski definition) is 0. The average molecular weight is 369 g/mol. The van der Waals surface area contributed by atoms with Crippen molar-refractivity contribution >= 4 is 29.8 Å². The van der Waals surface area contributed by atoms with Crippen LogP contribution in [0.25, 0.3) is 0 Å². The molecular weight excluding hydrogens is 365 g/mol. The first-order valence-electron chi connectivity index (χ1n) is 0. The Hall–Kier alpha value is 2.25. The van der Waals surface area contributed by atoms with Crippen LogP contribution in [-0.4, -0.2) is 17.4 Å². The van der Waals surface area contributed by atoms with Crippen LogP contribution in [0.3, 0.4) is 0 Å². The van der Waals surface area contributed by atoms with Gasteiger partial charge >= 0.3 is 0 Å². The number of halogens is 1. The topological polar surface area (TPSA) is 0 Å². The maximum atomic E-state index is 0. The van der Waals surface area contributed by atoms with E-state index in [1.165, 1.54) is 0 Å². The Morgan fingerprint density at radius 3 is 1.00 bits per heavy atom. The largest absolute Gasteiger partial charge is 0.187 e. The van der Waals surface area contributed by atoms with Gasteiger partial charge < -0.3 is 0 Å². The predicted molar refractivity (Wildman–Crippen MR) is 17.2 cm³/mol. The van der Waals surface area contributed by atoms with E-state index in [0.717, 1.165) is 0 Å². The first-order chi connectivity index (χ1) is 0. The summed E-state index contributed by atoms with van der Waals surface area (Å²) >= 11 is 0. The van der Waals surface area contributed by atoms with Gasteiger partial charge in [-0.1, -0.05) is 0 Å². The summed E-state index contributed by atoms with van der Waals surface area (Å²) in [5, 5.41) is 0. The minimum atomic E-state index is 0. The monoisotopic (exact) mass is 368 g/mol. The second-order valence-electron chi connectivity index (χ2n) is 0. The van der Waals surface area contributed by atoms with E-state index >= 15 is 0 Å². The first kappa shape index (κ1) is 34.0. The van der Waals surface area contributed by atoms with E-state index < -0.39 is 0 Å². The van der Waals surface area contributed by atoms with Crippen molar-refractivity contribution in [3.63, 3.8) is 0 Å². The molecule has 0 aromatic carbocycles. The van der Waals surface area contributed by atoms with Crippen LogP contribution in [0.1, 0.15) is 0 Å². The van der Waals surface area contributed by atoms with E-state index in [4.69, 9.17) is 0 Å². The molecule has 0 aliphatic rings. The first-order valence-corrected chi connectivity index (χ1v) is 0. The summed E-state index contributed by atoms with van der Waals surface area (Å²) in [6.07, 6.45) is 0. The van der Waals surface area contributed by atoms with Gasteiger partial charge in [-0.15, -0.1) is 12.4 Å². The average Bonchev–Trinajstić information content (AvgIpc) is 0. The van der Waals surface area contributed by atoms with Gasteiger partial charge in [0.05, 0.1) is 0 Å². The van der Waals surface area contributed by atoms with Gasteiger partial charge in [0.1, 0.15) is 0 Å². The second kappa shape index (κ2) is 18.7. The van der Waals surface area contributed by atoms with Crippen LogP contribution in [0.4, 0.5) is 0 Å². The quantitative estimate of drug-likeness (QED) is 0.492.